The highest BCUT2D eigenvalue weighted by Crippen LogP contribution is 2.40. The molecule has 33 heavy (non-hydrogen) atoms. The zero-order valence-electron chi connectivity index (χ0n) is 21.0. The van der Waals surface area contributed by atoms with Crippen LogP contribution in [0.5, 0.6) is 0 Å². The zero-order valence-corrected chi connectivity index (χ0v) is 21.0. The van der Waals surface area contributed by atoms with Gasteiger partial charge in [-0.3, -0.25) is 0 Å². The van der Waals surface area contributed by atoms with Crippen LogP contribution in [0.15, 0.2) is 48.5 Å². The normalized spacial score (nSPS) is 25.8. The van der Waals surface area contributed by atoms with Gasteiger partial charge in [-0.15, -0.1) is 0 Å². The van der Waals surface area contributed by atoms with E-state index in [0.29, 0.717) is 6.61 Å². The van der Waals surface area contributed by atoms with Crippen LogP contribution in [0.1, 0.15) is 120 Å². The second-order valence-electron chi connectivity index (χ2n) is 11.0. The van der Waals surface area contributed by atoms with Gasteiger partial charge in [-0.1, -0.05) is 87.6 Å². The maximum absolute atomic E-state index is 9.00. The highest BCUT2D eigenvalue weighted by Gasteiger charge is 2.23. The number of unbranched alkanes of at least 4 members (excludes halogenated alkanes) is 2. The van der Waals surface area contributed by atoms with E-state index in [4.69, 9.17) is 5.11 Å². The van der Waals surface area contributed by atoms with Crippen LogP contribution in [-0.2, 0) is 0 Å². The Morgan fingerprint density at radius 1 is 0.576 bits per heavy atom. The molecule has 0 bridgehead atoms. The maximum Gasteiger partial charge on any atom is 0.0431 e. The first kappa shape index (κ1) is 24.5. The second kappa shape index (κ2) is 12.7. The maximum atomic E-state index is 9.00. The van der Waals surface area contributed by atoms with Crippen molar-refractivity contribution in [2.24, 2.45) is 11.8 Å². The standard InChI is InChI=1S/C32H46O/c1-2-3-6-25-8-12-27(13-9-25)29-16-20-31(21-17-29)32-22-18-30(19-23-32)28-14-10-26(11-15-28)7-4-5-24-33/h16-23,25-28,33H,2-15,24H2,1H3/t25-,26-,27-,28-. The molecule has 180 valence electrons. The van der Waals surface area contributed by atoms with E-state index in [-0.39, 0.29) is 0 Å². The first-order valence-corrected chi connectivity index (χ1v) is 14.1. The average molecular weight is 447 g/mol. The van der Waals surface area contributed by atoms with Gasteiger partial charge in [0.2, 0.25) is 0 Å². The third kappa shape index (κ3) is 6.95. The molecule has 0 unspecified atom stereocenters. The monoisotopic (exact) mass is 446 g/mol. The molecule has 0 saturated heterocycles. The van der Waals surface area contributed by atoms with Gasteiger partial charge in [0.15, 0.2) is 0 Å². The van der Waals surface area contributed by atoms with Crippen molar-refractivity contribution in [2.45, 2.75) is 109 Å². The number of hydrogen-bond acceptors (Lipinski definition) is 1. The van der Waals surface area contributed by atoms with E-state index in [1.54, 1.807) is 5.56 Å². The van der Waals surface area contributed by atoms with Crippen LogP contribution in [0.2, 0.25) is 0 Å². The molecule has 2 aliphatic carbocycles. The van der Waals surface area contributed by atoms with Crippen LogP contribution >= 0.6 is 0 Å². The average Bonchev–Trinajstić information content (AvgIpc) is 2.89. The van der Waals surface area contributed by atoms with Crippen molar-refractivity contribution in [1.82, 2.24) is 0 Å². The van der Waals surface area contributed by atoms with Crippen molar-refractivity contribution >= 4 is 0 Å². The second-order valence-corrected chi connectivity index (χ2v) is 11.0. The lowest BCUT2D eigenvalue weighted by atomic mass is 9.76. The third-order valence-electron chi connectivity index (χ3n) is 8.78. The Morgan fingerprint density at radius 2 is 1.00 bits per heavy atom. The molecule has 4 rings (SSSR count). The molecule has 2 aliphatic rings. The summed E-state index contributed by atoms with van der Waals surface area (Å²) in [5.41, 5.74) is 5.80. The van der Waals surface area contributed by atoms with E-state index < -0.39 is 0 Å². The predicted octanol–water partition coefficient (Wildman–Crippen LogP) is 9.25. The molecule has 1 nitrogen and oxygen atoms in total. The Kier molecular flexibility index (Phi) is 9.47. The fraction of sp³-hybridized carbons (Fsp3) is 0.625. The highest BCUT2D eigenvalue weighted by molar-refractivity contribution is 5.64. The third-order valence-corrected chi connectivity index (χ3v) is 8.78. The van der Waals surface area contributed by atoms with E-state index >= 15 is 0 Å². The van der Waals surface area contributed by atoms with Gasteiger partial charge in [-0.25, -0.2) is 0 Å². The minimum atomic E-state index is 0.352. The van der Waals surface area contributed by atoms with Crippen LogP contribution in [0.4, 0.5) is 0 Å². The van der Waals surface area contributed by atoms with Crippen molar-refractivity contribution in [3.63, 3.8) is 0 Å². The molecule has 2 saturated carbocycles. The topological polar surface area (TPSA) is 20.2 Å². The number of rotatable bonds is 10. The summed E-state index contributed by atoms with van der Waals surface area (Å²) in [6.45, 7) is 2.67. The fourth-order valence-electron chi connectivity index (χ4n) is 6.50. The van der Waals surface area contributed by atoms with Gasteiger partial charge in [0.25, 0.3) is 0 Å². The fourth-order valence-corrected chi connectivity index (χ4v) is 6.50. The lowest BCUT2D eigenvalue weighted by molar-refractivity contribution is 0.261. The quantitative estimate of drug-likeness (QED) is 0.360. The largest absolute Gasteiger partial charge is 0.396 e. The van der Waals surface area contributed by atoms with Gasteiger partial charge in [0.1, 0.15) is 0 Å². The SMILES string of the molecule is CCCC[C@H]1CC[C@H](c2ccc(-c3ccc([C@H]4CC[C@H](CCCCO)CC4)cc3)cc2)CC1. The minimum Gasteiger partial charge on any atom is -0.396 e. The lowest BCUT2D eigenvalue weighted by Gasteiger charge is -2.29. The Labute approximate surface area is 203 Å². The molecule has 0 aromatic heterocycles. The summed E-state index contributed by atoms with van der Waals surface area (Å²) in [6, 6.07) is 19.0. The van der Waals surface area contributed by atoms with Gasteiger partial charge >= 0.3 is 0 Å². The molecule has 1 N–H and O–H groups in total. The Morgan fingerprint density at radius 3 is 1.39 bits per heavy atom. The van der Waals surface area contributed by atoms with Gasteiger partial charge in [0, 0.05) is 6.61 Å². The summed E-state index contributed by atoms with van der Waals surface area (Å²) in [5, 5.41) is 9.00. The predicted molar refractivity (Wildman–Crippen MR) is 142 cm³/mol. The smallest absolute Gasteiger partial charge is 0.0431 e. The molecular formula is C32H46O. The number of hydrogen-bond donors (Lipinski definition) is 1. The summed E-state index contributed by atoms with van der Waals surface area (Å²) < 4.78 is 0. The Hall–Kier alpha value is -1.60. The summed E-state index contributed by atoms with van der Waals surface area (Å²) >= 11 is 0. The number of benzene rings is 2. The molecule has 0 radical (unpaired) electrons. The van der Waals surface area contributed by atoms with Gasteiger partial charge in [-0.05, 0) is 104 Å². The minimum absolute atomic E-state index is 0.352. The van der Waals surface area contributed by atoms with E-state index in [9.17, 15) is 0 Å². The molecule has 2 fully saturated rings. The van der Waals surface area contributed by atoms with Gasteiger partial charge in [0.05, 0.1) is 0 Å². The molecule has 0 amide bonds. The lowest BCUT2D eigenvalue weighted by Crippen LogP contribution is -2.13. The van der Waals surface area contributed by atoms with Gasteiger partial charge < -0.3 is 5.11 Å². The van der Waals surface area contributed by atoms with Gasteiger partial charge in [-0.2, -0.15) is 0 Å². The van der Waals surface area contributed by atoms with E-state index in [2.05, 4.69) is 55.5 Å². The van der Waals surface area contributed by atoms with Crippen LogP contribution in [0.3, 0.4) is 0 Å². The molecule has 0 atom stereocenters. The molecule has 2 aromatic carbocycles. The summed E-state index contributed by atoms with van der Waals surface area (Å²) in [7, 11) is 0. The summed E-state index contributed by atoms with van der Waals surface area (Å²) in [6.07, 6.45) is 18.7. The van der Waals surface area contributed by atoms with E-state index in [1.807, 2.05) is 0 Å². The highest BCUT2D eigenvalue weighted by atomic mass is 16.2. The molecule has 0 aliphatic heterocycles. The van der Waals surface area contributed by atoms with Crippen molar-refractivity contribution in [1.29, 1.82) is 0 Å². The van der Waals surface area contributed by atoms with Crippen LogP contribution < -0.4 is 0 Å². The summed E-state index contributed by atoms with van der Waals surface area (Å²) in [5.74, 6) is 3.39. The van der Waals surface area contributed by atoms with Crippen molar-refractivity contribution in [3.05, 3.63) is 59.7 Å². The molecule has 0 heterocycles. The van der Waals surface area contributed by atoms with Crippen molar-refractivity contribution in [3.8, 4) is 11.1 Å². The van der Waals surface area contributed by atoms with Crippen molar-refractivity contribution < 1.29 is 5.11 Å². The Balaban J connectivity index is 1.27. The molecular weight excluding hydrogens is 400 g/mol. The van der Waals surface area contributed by atoms with Crippen LogP contribution in [0.25, 0.3) is 11.1 Å². The first-order valence-electron chi connectivity index (χ1n) is 14.1. The van der Waals surface area contributed by atoms with Crippen LogP contribution in [-0.4, -0.2) is 11.7 Å². The molecule has 0 spiro atoms. The van der Waals surface area contributed by atoms with Crippen LogP contribution in [0, 0.1) is 11.8 Å². The summed E-state index contributed by atoms with van der Waals surface area (Å²) in [4.78, 5) is 0. The van der Waals surface area contributed by atoms with E-state index in [0.717, 1.165) is 30.1 Å². The number of aliphatic hydroxyl groups is 1. The Bertz CT molecular complexity index is 789. The molecule has 2 aromatic rings. The molecule has 1 heteroatoms. The van der Waals surface area contributed by atoms with Crippen molar-refractivity contribution in [2.75, 3.05) is 6.61 Å². The first-order chi connectivity index (χ1) is 16.3. The number of aliphatic hydroxyl groups excluding tert-OH is 1. The zero-order chi connectivity index (χ0) is 22.9. The van der Waals surface area contributed by atoms with E-state index in [1.165, 1.54) is 100 Å².